The molecule has 0 atom stereocenters. The van der Waals surface area contributed by atoms with Crippen LogP contribution in [0.4, 0.5) is 0 Å². The molecule has 0 amide bonds. The van der Waals surface area contributed by atoms with Crippen LogP contribution in [0.2, 0.25) is 0 Å². The number of rotatable bonds is 3. The third-order valence-corrected chi connectivity index (χ3v) is 3.60. The van der Waals surface area contributed by atoms with E-state index >= 15 is 0 Å². The molecule has 0 aliphatic heterocycles. The summed E-state index contributed by atoms with van der Waals surface area (Å²) >= 11 is 1.49. The standard InChI is InChI=1S/C14H14N2S/c1-3-5-12-13(9-15)17-14(16-12)11-7-4-6-10(2)8-11/h4,6-8H,3,5H2,1-2H3. The fraction of sp³-hybridized carbons (Fsp3) is 0.286. The minimum Gasteiger partial charge on any atom is -0.240 e. The molecule has 0 aliphatic carbocycles. The summed E-state index contributed by atoms with van der Waals surface area (Å²) in [7, 11) is 0. The molecule has 3 heteroatoms. The van der Waals surface area contributed by atoms with Crippen LogP contribution in [0.1, 0.15) is 29.5 Å². The molecule has 0 unspecified atom stereocenters. The Balaban J connectivity index is 2.43. The van der Waals surface area contributed by atoms with E-state index in [9.17, 15) is 0 Å². The van der Waals surface area contributed by atoms with Gasteiger partial charge in [0.1, 0.15) is 16.0 Å². The van der Waals surface area contributed by atoms with Crippen molar-refractivity contribution >= 4 is 11.3 Å². The lowest BCUT2D eigenvalue weighted by atomic mass is 10.1. The molecule has 0 saturated heterocycles. The third kappa shape index (κ3) is 2.54. The molecule has 2 rings (SSSR count). The topological polar surface area (TPSA) is 36.7 Å². The molecule has 17 heavy (non-hydrogen) atoms. The lowest BCUT2D eigenvalue weighted by molar-refractivity contribution is 0.890. The average molecular weight is 242 g/mol. The molecule has 0 spiro atoms. The van der Waals surface area contributed by atoms with Crippen LogP contribution in [-0.2, 0) is 6.42 Å². The van der Waals surface area contributed by atoms with E-state index in [1.54, 1.807) is 0 Å². The van der Waals surface area contributed by atoms with Crippen molar-refractivity contribution in [2.24, 2.45) is 0 Å². The summed E-state index contributed by atoms with van der Waals surface area (Å²) in [5.41, 5.74) is 3.26. The highest BCUT2D eigenvalue weighted by Crippen LogP contribution is 2.28. The van der Waals surface area contributed by atoms with Crippen molar-refractivity contribution in [3.63, 3.8) is 0 Å². The molecule has 0 radical (unpaired) electrons. The summed E-state index contributed by atoms with van der Waals surface area (Å²) in [4.78, 5) is 5.33. The second-order valence-corrected chi connectivity index (χ2v) is 5.03. The maximum Gasteiger partial charge on any atom is 0.128 e. The van der Waals surface area contributed by atoms with Gasteiger partial charge in [0.05, 0.1) is 5.69 Å². The fourth-order valence-corrected chi connectivity index (χ4v) is 2.65. The summed E-state index contributed by atoms with van der Waals surface area (Å²) in [6.07, 6.45) is 1.90. The lowest BCUT2D eigenvalue weighted by Gasteiger charge is -1.97. The highest BCUT2D eigenvalue weighted by molar-refractivity contribution is 7.15. The smallest absolute Gasteiger partial charge is 0.128 e. The Kier molecular flexibility index (Phi) is 3.55. The largest absolute Gasteiger partial charge is 0.240 e. The maximum atomic E-state index is 9.08. The van der Waals surface area contributed by atoms with Gasteiger partial charge in [0.25, 0.3) is 0 Å². The quantitative estimate of drug-likeness (QED) is 0.817. The SMILES string of the molecule is CCCc1nc(-c2cccc(C)c2)sc1C#N. The van der Waals surface area contributed by atoms with Gasteiger partial charge in [-0.25, -0.2) is 4.98 Å². The number of aryl methyl sites for hydroxylation is 2. The number of hydrogen-bond donors (Lipinski definition) is 0. The molecule has 0 saturated carbocycles. The zero-order chi connectivity index (χ0) is 12.3. The van der Waals surface area contributed by atoms with Crippen molar-refractivity contribution in [3.05, 3.63) is 40.4 Å². The molecule has 1 heterocycles. The fourth-order valence-electron chi connectivity index (χ4n) is 1.75. The second kappa shape index (κ2) is 5.11. The molecule has 1 aromatic heterocycles. The van der Waals surface area contributed by atoms with Crippen LogP contribution in [0.25, 0.3) is 10.6 Å². The first-order valence-electron chi connectivity index (χ1n) is 5.71. The molecular weight excluding hydrogens is 228 g/mol. The summed E-state index contributed by atoms with van der Waals surface area (Å²) < 4.78 is 0. The third-order valence-electron chi connectivity index (χ3n) is 2.55. The van der Waals surface area contributed by atoms with Crippen molar-refractivity contribution < 1.29 is 0 Å². The van der Waals surface area contributed by atoms with Crippen LogP contribution >= 0.6 is 11.3 Å². The van der Waals surface area contributed by atoms with Gasteiger partial charge in [0.15, 0.2) is 0 Å². The van der Waals surface area contributed by atoms with E-state index in [4.69, 9.17) is 5.26 Å². The monoisotopic (exact) mass is 242 g/mol. The van der Waals surface area contributed by atoms with Gasteiger partial charge in [-0.3, -0.25) is 0 Å². The predicted molar refractivity (Wildman–Crippen MR) is 71.0 cm³/mol. The molecule has 86 valence electrons. The normalized spacial score (nSPS) is 10.2. The van der Waals surface area contributed by atoms with Gasteiger partial charge in [-0.15, -0.1) is 11.3 Å². The average Bonchev–Trinajstić information content (AvgIpc) is 2.73. The number of benzene rings is 1. The van der Waals surface area contributed by atoms with Gasteiger partial charge in [0.2, 0.25) is 0 Å². The highest BCUT2D eigenvalue weighted by Gasteiger charge is 2.11. The van der Waals surface area contributed by atoms with E-state index < -0.39 is 0 Å². The highest BCUT2D eigenvalue weighted by atomic mass is 32.1. The number of aromatic nitrogens is 1. The first-order chi connectivity index (χ1) is 8.24. The molecule has 1 aromatic carbocycles. The second-order valence-electron chi connectivity index (χ2n) is 4.03. The Hall–Kier alpha value is -1.66. The molecule has 2 nitrogen and oxygen atoms in total. The number of hydrogen-bond acceptors (Lipinski definition) is 3. The Morgan fingerprint density at radius 1 is 1.41 bits per heavy atom. The van der Waals surface area contributed by atoms with Crippen LogP contribution in [0.3, 0.4) is 0 Å². The van der Waals surface area contributed by atoms with Crippen molar-refractivity contribution in [2.75, 3.05) is 0 Å². The number of nitriles is 1. The van der Waals surface area contributed by atoms with E-state index in [2.05, 4.69) is 37.0 Å². The van der Waals surface area contributed by atoms with Crippen LogP contribution in [-0.4, -0.2) is 4.98 Å². The minimum absolute atomic E-state index is 0.753. The van der Waals surface area contributed by atoms with Gasteiger partial charge in [0, 0.05) is 5.56 Å². The van der Waals surface area contributed by atoms with Gasteiger partial charge < -0.3 is 0 Å². The van der Waals surface area contributed by atoms with E-state index in [1.165, 1.54) is 16.9 Å². The first kappa shape index (κ1) is 11.8. The first-order valence-corrected chi connectivity index (χ1v) is 6.53. The van der Waals surface area contributed by atoms with Gasteiger partial charge in [-0.1, -0.05) is 37.1 Å². The van der Waals surface area contributed by atoms with Crippen molar-refractivity contribution in [2.45, 2.75) is 26.7 Å². The Morgan fingerprint density at radius 3 is 2.88 bits per heavy atom. The summed E-state index contributed by atoms with van der Waals surface area (Å²) in [5, 5.41) is 10.0. The van der Waals surface area contributed by atoms with Crippen molar-refractivity contribution in [1.82, 2.24) is 4.98 Å². The molecule has 0 bridgehead atoms. The van der Waals surface area contributed by atoms with Gasteiger partial charge in [-0.05, 0) is 19.4 Å². The van der Waals surface area contributed by atoms with E-state index in [-0.39, 0.29) is 0 Å². The van der Waals surface area contributed by atoms with Crippen LogP contribution in [0.15, 0.2) is 24.3 Å². The molecule has 0 fully saturated rings. The molecular formula is C14H14N2S. The Labute approximate surface area is 106 Å². The Morgan fingerprint density at radius 2 is 2.24 bits per heavy atom. The van der Waals surface area contributed by atoms with Crippen LogP contribution < -0.4 is 0 Å². The number of thiazole rings is 1. The van der Waals surface area contributed by atoms with Crippen molar-refractivity contribution in [1.29, 1.82) is 5.26 Å². The summed E-state index contributed by atoms with van der Waals surface area (Å²) in [5.74, 6) is 0. The maximum absolute atomic E-state index is 9.08. The minimum atomic E-state index is 0.753. The van der Waals surface area contributed by atoms with Crippen LogP contribution in [0.5, 0.6) is 0 Å². The zero-order valence-corrected chi connectivity index (χ0v) is 10.8. The summed E-state index contributed by atoms with van der Waals surface area (Å²) in [6, 6.07) is 10.5. The predicted octanol–water partition coefficient (Wildman–Crippen LogP) is 3.94. The van der Waals surface area contributed by atoms with Crippen molar-refractivity contribution in [3.8, 4) is 16.6 Å². The van der Waals surface area contributed by atoms with Crippen LogP contribution in [0, 0.1) is 18.3 Å². The Bertz CT molecular complexity index is 564. The van der Waals surface area contributed by atoms with E-state index in [1.807, 2.05) is 12.1 Å². The molecule has 0 aliphatic rings. The van der Waals surface area contributed by atoms with E-state index in [0.29, 0.717) is 0 Å². The van der Waals surface area contributed by atoms with Gasteiger partial charge in [-0.2, -0.15) is 5.26 Å². The summed E-state index contributed by atoms with van der Waals surface area (Å²) in [6.45, 7) is 4.17. The number of nitrogens with zero attached hydrogens (tertiary/aromatic N) is 2. The van der Waals surface area contributed by atoms with E-state index in [0.717, 1.165) is 34.0 Å². The lowest BCUT2D eigenvalue weighted by Crippen LogP contribution is -1.86. The zero-order valence-electron chi connectivity index (χ0n) is 10.0. The van der Waals surface area contributed by atoms with Gasteiger partial charge >= 0.3 is 0 Å². The molecule has 0 N–H and O–H groups in total. The molecule has 2 aromatic rings.